The van der Waals surface area contributed by atoms with Gasteiger partial charge in [0.2, 0.25) is 11.8 Å². The summed E-state index contributed by atoms with van der Waals surface area (Å²) in [6.07, 6.45) is -1.11. The van der Waals surface area contributed by atoms with Crippen LogP contribution in [0, 0.1) is 17.6 Å². The number of carboxylic acid groups (broad SMARTS) is 1. The fraction of sp³-hybridized carbons (Fsp3) is 0.286. The van der Waals surface area contributed by atoms with E-state index in [0.29, 0.717) is 5.69 Å². The first-order valence-electron chi connectivity index (χ1n) is 9.36. The SMILES string of the molecule is CC(NC(=O)O)[C@H](C)C(=O)N1c2ccccc2C[C@H]1C(=O)Nc1c(F)cccc1F. The van der Waals surface area contributed by atoms with Gasteiger partial charge in [0.25, 0.3) is 0 Å². The quantitative estimate of drug-likeness (QED) is 0.696. The molecular formula is C21H21F2N3O4. The molecule has 0 aliphatic carbocycles. The molecule has 7 nitrogen and oxygen atoms in total. The lowest BCUT2D eigenvalue weighted by Crippen LogP contribution is -2.51. The smallest absolute Gasteiger partial charge is 0.404 e. The van der Waals surface area contributed by atoms with Crippen LogP contribution in [0.4, 0.5) is 25.0 Å². The number of nitrogens with one attached hydrogen (secondary N) is 2. The van der Waals surface area contributed by atoms with Gasteiger partial charge in [0.15, 0.2) is 0 Å². The Kier molecular flexibility index (Phi) is 6.00. The fourth-order valence-corrected chi connectivity index (χ4v) is 3.44. The van der Waals surface area contributed by atoms with Crippen LogP contribution in [-0.4, -0.2) is 35.1 Å². The molecule has 0 radical (unpaired) electrons. The zero-order valence-electron chi connectivity index (χ0n) is 16.4. The standard InChI is InChI=1S/C21H21F2N3O4/c1-11(12(2)24-21(29)30)20(28)26-16-9-4-3-6-13(16)10-17(26)19(27)25-18-14(22)7-5-8-15(18)23/h3-9,11-12,17,24H,10H2,1-2H3,(H,25,27)(H,29,30)/t11-,12?,17-/m0/s1. The van der Waals surface area contributed by atoms with Gasteiger partial charge in [-0.2, -0.15) is 0 Å². The molecule has 9 heteroatoms. The van der Waals surface area contributed by atoms with E-state index in [-0.39, 0.29) is 6.42 Å². The highest BCUT2D eigenvalue weighted by molar-refractivity contribution is 6.08. The third-order valence-electron chi connectivity index (χ3n) is 5.22. The van der Waals surface area contributed by atoms with Crippen molar-refractivity contribution in [2.75, 3.05) is 10.2 Å². The van der Waals surface area contributed by atoms with Crippen LogP contribution in [0.25, 0.3) is 0 Å². The van der Waals surface area contributed by atoms with Gasteiger partial charge >= 0.3 is 6.09 Å². The Morgan fingerprint density at radius 2 is 1.70 bits per heavy atom. The molecule has 1 unspecified atom stereocenters. The molecule has 0 fully saturated rings. The van der Waals surface area contributed by atoms with Crippen LogP contribution in [0.3, 0.4) is 0 Å². The molecule has 3 atom stereocenters. The maximum absolute atomic E-state index is 14.0. The summed E-state index contributed by atoms with van der Waals surface area (Å²) in [6.45, 7) is 3.10. The summed E-state index contributed by atoms with van der Waals surface area (Å²) in [5.41, 5.74) is 0.650. The average molecular weight is 417 g/mol. The molecule has 3 amide bonds. The van der Waals surface area contributed by atoms with E-state index in [2.05, 4.69) is 10.6 Å². The van der Waals surface area contributed by atoms with Crippen molar-refractivity contribution >= 4 is 29.3 Å². The first kappa shape index (κ1) is 21.2. The molecule has 1 aliphatic heterocycles. The van der Waals surface area contributed by atoms with Crippen molar-refractivity contribution in [2.45, 2.75) is 32.4 Å². The van der Waals surface area contributed by atoms with Crippen molar-refractivity contribution in [1.82, 2.24) is 5.32 Å². The summed E-state index contributed by atoms with van der Waals surface area (Å²) in [4.78, 5) is 38.3. The number of fused-ring (bicyclic) bond motifs is 1. The number of anilines is 2. The maximum atomic E-state index is 14.0. The number of carbonyl (C=O) groups excluding carboxylic acids is 2. The van der Waals surface area contributed by atoms with Gasteiger partial charge in [0.05, 0.1) is 5.92 Å². The molecule has 0 bridgehead atoms. The van der Waals surface area contributed by atoms with Gasteiger partial charge in [-0.25, -0.2) is 13.6 Å². The number of nitrogens with zero attached hydrogens (tertiary/aromatic N) is 1. The molecule has 158 valence electrons. The van der Waals surface area contributed by atoms with Crippen LogP contribution >= 0.6 is 0 Å². The van der Waals surface area contributed by atoms with Gasteiger partial charge in [-0.15, -0.1) is 0 Å². The number of amides is 3. The van der Waals surface area contributed by atoms with Crippen molar-refractivity contribution < 1.29 is 28.3 Å². The molecule has 1 heterocycles. The molecule has 3 N–H and O–H groups in total. The number of hydrogen-bond donors (Lipinski definition) is 3. The molecule has 1 aliphatic rings. The fourth-order valence-electron chi connectivity index (χ4n) is 3.44. The zero-order chi connectivity index (χ0) is 22.0. The molecule has 2 aromatic carbocycles. The third kappa shape index (κ3) is 4.10. The van der Waals surface area contributed by atoms with E-state index in [9.17, 15) is 23.2 Å². The van der Waals surface area contributed by atoms with Gasteiger partial charge in [-0.05, 0) is 30.7 Å². The minimum atomic E-state index is -1.27. The highest BCUT2D eigenvalue weighted by atomic mass is 19.1. The first-order valence-corrected chi connectivity index (χ1v) is 9.36. The van der Waals surface area contributed by atoms with E-state index in [1.807, 2.05) is 0 Å². The second-order valence-electron chi connectivity index (χ2n) is 7.17. The number of benzene rings is 2. The molecule has 3 rings (SSSR count). The van der Waals surface area contributed by atoms with E-state index in [1.54, 1.807) is 38.1 Å². The number of halogens is 2. The zero-order valence-corrected chi connectivity index (χ0v) is 16.4. The number of carbonyl (C=O) groups is 3. The van der Waals surface area contributed by atoms with Crippen LogP contribution in [-0.2, 0) is 16.0 Å². The number of para-hydroxylation sites is 2. The summed E-state index contributed by atoms with van der Waals surface area (Å²) in [5.74, 6) is -3.86. The summed E-state index contributed by atoms with van der Waals surface area (Å²) in [5, 5.41) is 13.4. The molecular weight excluding hydrogens is 396 g/mol. The van der Waals surface area contributed by atoms with Crippen LogP contribution < -0.4 is 15.5 Å². The Labute approximate surface area is 171 Å². The van der Waals surface area contributed by atoms with Gasteiger partial charge in [-0.1, -0.05) is 31.2 Å². The Morgan fingerprint density at radius 3 is 2.33 bits per heavy atom. The van der Waals surface area contributed by atoms with Crippen LogP contribution in [0.2, 0.25) is 0 Å². The second-order valence-corrected chi connectivity index (χ2v) is 7.17. The lowest BCUT2D eigenvalue weighted by molar-refractivity contribution is -0.126. The monoisotopic (exact) mass is 417 g/mol. The Hall–Kier alpha value is -3.49. The van der Waals surface area contributed by atoms with E-state index >= 15 is 0 Å². The highest BCUT2D eigenvalue weighted by Crippen LogP contribution is 2.34. The highest BCUT2D eigenvalue weighted by Gasteiger charge is 2.41. The topological polar surface area (TPSA) is 98.7 Å². The molecule has 0 saturated heterocycles. The minimum absolute atomic E-state index is 0.164. The van der Waals surface area contributed by atoms with Crippen molar-refractivity contribution in [3.05, 3.63) is 59.7 Å². The molecule has 2 aromatic rings. The average Bonchev–Trinajstić information content (AvgIpc) is 3.08. The first-order chi connectivity index (χ1) is 14.2. The minimum Gasteiger partial charge on any atom is -0.465 e. The van der Waals surface area contributed by atoms with Gasteiger partial charge < -0.3 is 15.7 Å². The van der Waals surface area contributed by atoms with Crippen molar-refractivity contribution in [3.8, 4) is 0 Å². The van der Waals surface area contributed by atoms with Gasteiger partial charge in [-0.3, -0.25) is 14.5 Å². The molecule has 0 spiro atoms. The third-order valence-corrected chi connectivity index (χ3v) is 5.22. The van der Waals surface area contributed by atoms with Crippen LogP contribution in [0.1, 0.15) is 19.4 Å². The summed E-state index contributed by atoms with van der Waals surface area (Å²) < 4.78 is 27.9. The van der Waals surface area contributed by atoms with Crippen molar-refractivity contribution in [1.29, 1.82) is 0 Å². The van der Waals surface area contributed by atoms with Crippen molar-refractivity contribution in [3.63, 3.8) is 0 Å². The van der Waals surface area contributed by atoms with Crippen molar-refractivity contribution in [2.24, 2.45) is 5.92 Å². The Bertz CT molecular complexity index is 978. The summed E-state index contributed by atoms with van der Waals surface area (Å²) >= 11 is 0. The molecule has 0 saturated carbocycles. The van der Waals surface area contributed by atoms with E-state index in [0.717, 1.165) is 17.7 Å². The maximum Gasteiger partial charge on any atom is 0.404 e. The molecule has 30 heavy (non-hydrogen) atoms. The number of rotatable bonds is 5. The van der Waals surface area contributed by atoms with E-state index in [1.165, 1.54) is 11.0 Å². The normalized spacial score (nSPS) is 17.1. The van der Waals surface area contributed by atoms with Gasteiger partial charge in [0, 0.05) is 18.2 Å². The summed E-state index contributed by atoms with van der Waals surface area (Å²) in [7, 11) is 0. The van der Waals surface area contributed by atoms with E-state index < -0.39 is 53.2 Å². The lowest BCUT2D eigenvalue weighted by atomic mass is 10.0. The predicted octanol–water partition coefficient (Wildman–Crippen LogP) is 3.15. The Morgan fingerprint density at radius 1 is 1.07 bits per heavy atom. The Balaban J connectivity index is 1.90. The number of hydrogen-bond acceptors (Lipinski definition) is 3. The largest absolute Gasteiger partial charge is 0.465 e. The summed E-state index contributed by atoms with van der Waals surface area (Å²) in [6, 6.07) is 8.38. The van der Waals surface area contributed by atoms with E-state index in [4.69, 9.17) is 5.11 Å². The van der Waals surface area contributed by atoms with Gasteiger partial charge in [0.1, 0.15) is 23.4 Å². The predicted molar refractivity (Wildman–Crippen MR) is 106 cm³/mol. The van der Waals surface area contributed by atoms with Crippen LogP contribution in [0.15, 0.2) is 42.5 Å². The second kappa shape index (κ2) is 8.48. The molecule has 0 aromatic heterocycles. The lowest BCUT2D eigenvalue weighted by Gasteiger charge is -2.30. The van der Waals surface area contributed by atoms with Crippen LogP contribution in [0.5, 0.6) is 0 Å².